The van der Waals surface area contributed by atoms with Crippen LogP contribution in [0.5, 0.6) is 0 Å². The first-order chi connectivity index (χ1) is 8.75. The van der Waals surface area contributed by atoms with E-state index in [0.717, 1.165) is 12.8 Å². The molecular formula is C14H14N2O2. The average Bonchev–Trinajstić information content (AvgIpc) is 3.17. The van der Waals surface area contributed by atoms with Crippen LogP contribution in [0, 0.1) is 0 Å². The Hall–Kier alpha value is -2.10. The lowest BCUT2D eigenvalue weighted by Crippen LogP contribution is -2.26. The fourth-order valence-corrected chi connectivity index (χ4v) is 2.05. The lowest BCUT2D eigenvalue weighted by Gasteiger charge is -2.01. The van der Waals surface area contributed by atoms with Crippen LogP contribution in [0.15, 0.2) is 47.5 Å². The maximum atomic E-state index is 12.0. The molecule has 2 aromatic rings. The van der Waals surface area contributed by atoms with Gasteiger partial charge in [-0.1, -0.05) is 30.3 Å². The van der Waals surface area contributed by atoms with Gasteiger partial charge in [0, 0.05) is 24.0 Å². The van der Waals surface area contributed by atoms with E-state index in [1.54, 1.807) is 29.1 Å². The maximum absolute atomic E-state index is 12.0. The summed E-state index contributed by atoms with van der Waals surface area (Å²) in [6.45, 7) is 0.114. The van der Waals surface area contributed by atoms with Gasteiger partial charge in [0.1, 0.15) is 0 Å². The van der Waals surface area contributed by atoms with E-state index in [1.807, 2.05) is 18.2 Å². The number of hydrogen-bond acceptors (Lipinski definition) is 2. The molecule has 0 atom stereocenters. The summed E-state index contributed by atoms with van der Waals surface area (Å²) in [4.78, 5) is 24.0. The molecule has 18 heavy (non-hydrogen) atoms. The van der Waals surface area contributed by atoms with E-state index in [0.29, 0.717) is 11.6 Å². The van der Waals surface area contributed by atoms with Crippen molar-refractivity contribution >= 4 is 5.78 Å². The first-order valence-corrected chi connectivity index (χ1v) is 6.11. The minimum Gasteiger partial charge on any atom is -0.296 e. The highest BCUT2D eigenvalue weighted by Crippen LogP contribution is 2.33. The Kier molecular flexibility index (Phi) is 2.63. The van der Waals surface area contributed by atoms with Crippen LogP contribution in [0.1, 0.15) is 29.2 Å². The molecule has 0 unspecified atom stereocenters. The lowest BCUT2D eigenvalue weighted by atomic mass is 10.1. The standard InChI is InChI=1S/C14H14N2O2/c17-13(11-4-2-1-3-5-11)10-15-8-9-16(14(15)18)12-6-7-12/h1-5,8-9,12H,6-7,10H2. The van der Waals surface area contributed by atoms with Gasteiger partial charge in [-0.3, -0.25) is 13.9 Å². The van der Waals surface area contributed by atoms with Gasteiger partial charge in [-0.2, -0.15) is 0 Å². The van der Waals surface area contributed by atoms with Crippen molar-refractivity contribution in [3.05, 3.63) is 58.8 Å². The molecule has 3 rings (SSSR count). The zero-order chi connectivity index (χ0) is 12.5. The van der Waals surface area contributed by atoms with Gasteiger partial charge in [0.2, 0.25) is 0 Å². The minimum atomic E-state index is -0.0817. The Bertz CT molecular complexity index is 621. The van der Waals surface area contributed by atoms with Crippen molar-refractivity contribution in [3.63, 3.8) is 0 Å². The third-order valence-electron chi connectivity index (χ3n) is 3.22. The van der Waals surface area contributed by atoms with Crippen molar-refractivity contribution in [2.75, 3.05) is 0 Å². The first kappa shape index (κ1) is 11.0. The maximum Gasteiger partial charge on any atom is 0.328 e. The van der Waals surface area contributed by atoms with Crippen LogP contribution >= 0.6 is 0 Å². The molecule has 1 aromatic carbocycles. The SMILES string of the molecule is O=C(Cn1ccn(C2CC2)c1=O)c1ccccc1. The fourth-order valence-electron chi connectivity index (χ4n) is 2.05. The predicted octanol–water partition coefficient (Wildman–Crippen LogP) is 1.87. The molecular weight excluding hydrogens is 228 g/mol. The third-order valence-corrected chi connectivity index (χ3v) is 3.22. The van der Waals surface area contributed by atoms with Crippen LogP contribution in [0.3, 0.4) is 0 Å². The van der Waals surface area contributed by atoms with Crippen molar-refractivity contribution < 1.29 is 4.79 Å². The van der Waals surface area contributed by atoms with Crippen LogP contribution in [-0.4, -0.2) is 14.9 Å². The van der Waals surface area contributed by atoms with E-state index in [4.69, 9.17) is 0 Å². The Labute approximate surface area is 104 Å². The van der Waals surface area contributed by atoms with E-state index in [-0.39, 0.29) is 18.0 Å². The van der Waals surface area contributed by atoms with Gasteiger partial charge in [-0.05, 0) is 12.8 Å². The van der Waals surface area contributed by atoms with Crippen molar-refractivity contribution in [2.24, 2.45) is 0 Å². The molecule has 0 radical (unpaired) electrons. The Morgan fingerprint density at radius 1 is 1.17 bits per heavy atom. The number of nitrogens with zero attached hydrogens (tertiary/aromatic N) is 2. The summed E-state index contributed by atoms with van der Waals surface area (Å²) >= 11 is 0. The van der Waals surface area contributed by atoms with Crippen molar-refractivity contribution in [2.45, 2.75) is 25.4 Å². The van der Waals surface area contributed by atoms with E-state index in [1.165, 1.54) is 4.57 Å². The van der Waals surface area contributed by atoms with E-state index in [2.05, 4.69) is 0 Å². The number of Topliss-reactive ketones (excluding diaryl/α,β-unsaturated/α-hetero) is 1. The Balaban J connectivity index is 1.81. The van der Waals surface area contributed by atoms with Gasteiger partial charge < -0.3 is 0 Å². The van der Waals surface area contributed by atoms with Crippen LogP contribution in [0.2, 0.25) is 0 Å². The summed E-state index contributed by atoms with van der Waals surface area (Å²) in [5, 5.41) is 0. The molecule has 4 heteroatoms. The number of carbonyl (C=O) groups excluding carboxylic acids is 1. The average molecular weight is 242 g/mol. The molecule has 1 saturated carbocycles. The molecule has 0 bridgehead atoms. The third kappa shape index (κ3) is 2.01. The molecule has 92 valence electrons. The van der Waals surface area contributed by atoms with E-state index in [9.17, 15) is 9.59 Å². The van der Waals surface area contributed by atoms with Crippen molar-refractivity contribution in [3.8, 4) is 0 Å². The van der Waals surface area contributed by atoms with E-state index >= 15 is 0 Å². The summed E-state index contributed by atoms with van der Waals surface area (Å²) in [7, 11) is 0. The molecule has 1 fully saturated rings. The molecule has 1 aliphatic rings. The highest BCUT2D eigenvalue weighted by molar-refractivity contribution is 5.95. The van der Waals surface area contributed by atoms with Crippen LogP contribution < -0.4 is 5.69 Å². The molecule has 0 saturated heterocycles. The number of hydrogen-bond donors (Lipinski definition) is 0. The van der Waals surface area contributed by atoms with Gasteiger partial charge in [0.15, 0.2) is 5.78 Å². The summed E-state index contributed by atoms with van der Waals surface area (Å²) < 4.78 is 3.20. The molecule has 0 spiro atoms. The summed E-state index contributed by atoms with van der Waals surface area (Å²) in [5.41, 5.74) is 0.561. The van der Waals surface area contributed by atoms with Crippen LogP contribution in [-0.2, 0) is 6.54 Å². The van der Waals surface area contributed by atoms with Crippen LogP contribution in [0.4, 0.5) is 0 Å². The first-order valence-electron chi connectivity index (χ1n) is 6.11. The highest BCUT2D eigenvalue weighted by atomic mass is 16.2. The van der Waals surface area contributed by atoms with Crippen molar-refractivity contribution in [1.29, 1.82) is 0 Å². The summed E-state index contributed by atoms with van der Waals surface area (Å²) in [5.74, 6) is -0.0359. The van der Waals surface area contributed by atoms with Crippen LogP contribution in [0.25, 0.3) is 0 Å². The monoisotopic (exact) mass is 242 g/mol. The molecule has 1 aliphatic carbocycles. The Morgan fingerprint density at radius 2 is 1.89 bits per heavy atom. The van der Waals surface area contributed by atoms with Gasteiger partial charge in [-0.25, -0.2) is 4.79 Å². The van der Waals surface area contributed by atoms with E-state index < -0.39 is 0 Å². The number of ketones is 1. The second kappa shape index (κ2) is 4.29. The number of rotatable bonds is 4. The summed E-state index contributed by atoms with van der Waals surface area (Å²) in [6, 6.07) is 9.41. The van der Waals surface area contributed by atoms with Gasteiger partial charge in [-0.15, -0.1) is 0 Å². The molecule has 0 aliphatic heterocycles. The highest BCUT2D eigenvalue weighted by Gasteiger charge is 2.25. The normalized spacial score (nSPS) is 14.7. The number of benzene rings is 1. The van der Waals surface area contributed by atoms with Gasteiger partial charge >= 0.3 is 5.69 Å². The predicted molar refractivity (Wildman–Crippen MR) is 67.7 cm³/mol. The topological polar surface area (TPSA) is 44.0 Å². The second-order valence-corrected chi connectivity index (χ2v) is 4.64. The fraction of sp³-hybridized carbons (Fsp3) is 0.286. The molecule has 0 amide bonds. The molecule has 1 aromatic heterocycles. The lowest BCUT2D eigenvalue weighted by molar-refractivity contribution is 0.0970. The number of imidazole rings is 1. The van der Waals surface area contributed by atoms with Gasteiger partial charge in [0.25, 0.3) is 0 Å². The largest absolute Gasteiger partial charge is 0.328 e. The second-order valence-electron chi connectivity index (χ2n) is 4.64. The van der Waals surface area contributed by atoms with Gasteiger partial charge in [0.05, 0.1) is 6.54 Å². The number of aromatic nitrogens is 2. The zero-order valence-electron chi connectivity index (χ0n) is 9.95. The quantitative estimate of drug-likeness (QED) is 0.768. The Morgan fingerprint density at radius 3 is 2.56 bits per heavy atom. The smallest absolute Gasteiger partial charge is 0.296 e. The zero-order valence-corrected chi connectivity index (χ0v) is 9.95. The molecule has 4 nitrogen and oxygen atoms in total. The minimum absolute atomic E-state index is 0.0359. The number of carbonyl (C=O) groups is 1. The molecule has 1 heterocycles. The van der Waals surface area contributed by atoms with Crippen molar-refractivity contribution in [1.82, 2.24) is 9.13 Å². The summed E-state index contributed by atoms with van der Waals surface area (Å²) in [6.07, 6.45) is 5.60. The molecule has 0 N–H and O–H groups in total.